The number of aromatic nitrogens is 2. The largest absolute Gasteiger partial charge is 0.495 e. The molecule has 1 aromatic heterocycles. The van der Waals surface area contributed by atoms with Crippen molar-refractivity contribution >= 4 is 23.0 Å². The first-order valence-electron chi connectivity index (χ1n) is 7.20. The van der Waals surface area contributed by atoms with E-state index in [1.54, 1.807) is 42.6 Å². The summed E-state index contributed by atoms with van der Waals surface area (Å²) in [5, 5.41) is 8.17. The third kappa shape index (κ3) is 3.08. The normalized spacial score (nSPS) is 15.9. The molecule has 1 aliphatic carbocycles. The number of hydrogen-bond donors (Lipinski definition) is 2. The molecule has 0 atom stereocenters. The number of ether oxygens (including phenoxy) is 1. The van der Waals surface area contributed by atoms with Gasteiger partial charge in [-0.25, -0.2) is 14.4 Å². The molecular weight excluding hydrogens is 307 g/mol. The maximum absolute atomic E-state index is 13.1. The van der Waals surface area contributed by atoms with Crippen LogP contribution >= 0.6 is 0 Å². The lowest BCUT2D eigenvalue weighted by molar-refractivity contribution is 0.369. The number of anilines is 1. The minimum atomic E-state index is -0.328. The van der Waals surface area contributed by atoms with E-state index in [1.165, 1.54) is 19.2 Å². The predicted octanol–water partition coefficient (Wildman–Crippen LogP) is 3.23. The second-order valence-electron chi connectivity index (χ2n) is 5.10. The molecule has 0 bridgehead atoms. The van der Waals surface area contributed by atoms with E-state index >= 15 is 0 Å². The summed E-state index contributed by atoms with van der Waals surface area (Å²) in [6.07, 6.45) is 6.82. The van der Waals surface area contributed by atoms with Gasteiger partial charge in [-0.2, -0.15) is 0 Å². The van der Waals surface area contributed by atoms with Crippen molar-refractivity contribution < 1.29 is 9.13 Å². The Labute approximate surface area is 138 Å². The molecule has 3 N–H and O–H groups in total. The summed E-state index contributed by atoms with van der Waals surface area (Å²) in [6.45, 7) is 0. The van der Waals surface area contributed by atoms with Crippen LogP contribution in [-0.2, 0) is 4.74 Å². The van der Waals surface area contributed by atoms with Crippen LogP contribution in [0.1, 0.15) is 11.3 Å². The van der Waals surface area contributed by atoms with Crippen molar-refractivity contribution in [2.45, 2.75) is 0 Å². The molecule has 1 aromatic carbocycles. The minimum Gasteiger partial charge on any atom is -0.495 e. The Morgan fingerprint density at radius 3 is 2.58 bits per heavy atom. The van der Waals surface area contributed by atoms with Gasteiger partial charge in [0.1, 0.15) is 11.6 Å². The number of allylic oxidation sites excluding steroid dienone is 5. The Bertz CT molecular complexity index is 882. The Morgan fingerprint density at radius 2 is 1.92 bits per heavy atom. The number of nitrogens with one attached hydrogen (secondary N) is 1. The van der Waals surface area contributed by atoms with Crippen LogP contribution in [0.4, 0.5) is 10.3 Å². The smallest absolute Gasteiger partial charge is 0.220 e. The van der Waals surface area contributed by atoms with E-state index < -0.39 is 0 Å². The number of nitrogens with two attached hydrogens (primary N) is 1. The average molecular weight is 322 g/mol. The maximum Gasteiger partial charge on any atom is 0.220 e. The van der Waals surface area contributed by atoms with Crippen molar-refractivity contribution in [3.8, 4) is 0 Å². The molecule has 1 heterocycles. The Balaban J connectivity index is 2.11. The van der Waals surface area contributed by atoms with Gasteiger partial charge in [-0.05, 0) is 42.5 Å². The van der Waals surface area contributed by atoms with Crippen molar-refractivity contribution in [2.75, 3.05) is 12.8 Å². The second kappa shape index (κ2) is 6.45. The van der Waals surface area contributed by atoms with Crippen LogP contribution in [-0.4, -0.2) is 22.8 Å². The lowest BCUT2D eigenvalue weighted by Crippen LogP contribution is -2.07. The molecule has 5 nitrogen and oxygen atoms in total. The first-order valence-corrected chi connectivity index (χ1v) is 7.20. The summed E-state index contributed by atoms with van der Waals surface area (Å²) in [5.41, 5.74) is 8.63. The molecule has 0 fully saturated rings. The molecular formula is C18H15FN4O. The van der Waals surface area contributed by atoms with Gasteiger partial charge in [0, 0.05) is 22.9 Å². The highest BCUT2D eigenvalue weighted by Crippen LogP contribution is 2.28. The molecule has 0 radical (unpaired) electrons. The van der Waals surface area contributed by atoms with Crippen molar-refractivity contribution in [1.82, 2.24) is 9.97 Å². The molecule has 0 amide bonds. The lowest BCUT2D eigenvalue weighted by Gasteiger charge is -2.16. The van der Waals surface area contributed by atoms with Crippen LogP contribution in [0.3, 0.4) is 0 Å². The standard InChI is InChI=1S/C18H15FN4O/c1-24-17(11-2-5-13(19)6-3-11)14-10-12(4-7-15(14)20)16-8-9-22-18(21)23-16/h2-10,20H,1H3,(H2,21,22,23)/b17-14-,20-15?. The molecule has 0 unspecified atom stereocenters. The highest BCUT2D eigenvalue weighted by Gasteiger charge is 2.17. The van der Waals surface area contributed by atoms with Gasteiger partial charge >= 0.3 is 0 Å². The van der Waals surface area contributed by atoms with Gasteiger partial charge < -0.3 is 15.9 Å². The number of hydrogen-bond acceptors (Lipinski definition) is 5. The van der Waals surface area contributed by atoms with E-state index in [0.717, 1.165) is 5.57 Å². The summed E-state index contributed by atoms with van der Waals surface area (Å²) in [6, 6.07) is 7.68. The summed E-state index contributed by atoms with van der Waals surface area (Å²) in [5.74, 6) is 0.341. The first kappa shape index (κ1) is 15.6. The Hall–Kier alpha value is -3.28. The molecule has 1 aliphatic rings. The van der Waals surface area contributed by atoms with Crippen LogP contribution in [0, 0.1) is 11.2 Å². The maximum atomic E-state index is 13.1. The number of nitrogens with zero attached hydrogens (tertiary/aromatic N) is 2. The van der Waals surface area contributed by atoms with Crippen molar-refractivity contribution in [1.29, 1.82) is 5.41 Å². The first-order chi connectivity index (χ1) is 11.6. The van der Waals surface area contributed by atoms with Crippen LogP contribution in [0.5, 0.6) is 0 Å². The predicted molar refractivity (Wildman–Crippen MR) is 91.6 cm³/mol. The zero-order valence-electron chi connectivity index (χ0n) is 13.0. The van der Waals surface area contributed by atoms with E-state index in [-0.39, 0.29) is 11.8 Å². The summed E-state index contributed by atoms with van der Waals surface area (Å²) >= 11 is 0. The quantitative estimate of drug-likeness (QED) is 0.850. The lowest BCUT2D eigenvalue weighted by atomic mass is 9.95. The highest BCUT2D eigenvalue weighted by atomic mass is 19.1. The molecule has 120 valence electrons. The van der Waals surface area contributed by atoms with E-state index in [0.29, 0.717) is 28.3 Å². The minimum absolute atomic E-state index is 0.179. The van der Waals surface area contributed by atoms with E-state index in [9.17, 15) is 4.39 Å². The Kier molecular flexibility index (Phi) is 4.20. The van der Waals surface area contributed by atoms with Gasteiger partial charge in [-0.1, -0.05) is 6.08 Å². The van der Waals surface area contributed by atoms with Gasteiger partial charge in [-0.15, -0.1) is 0 Å². The third-order valence-electron chi connectivity index (χ3n) is 3.54. The molecule has 0 spiro atoms. The van der Waals surface area contributed by atoms with Crippen LogP contribution in [0.15, 0.2) is 60.3 Å². The van der Waals surface area contributed by atoms with Gasteiger partial charge in [-0.3, -0.25) is 0 Å². The number of halogens is 1. The zero-order valence-corrected chi connectivity index (χ0v) is 13.0. The molecule has 3 rings (SSSR count). The summed E-state index contributed by atoms with van der Waals surface area (Å²) in [7, 11) is 1.52. The molecule has 0 saturated carbocycles. The molecule has 0 saturated heterocycles. The van der Waals surface area contributed by atoms with Gasteiger partial charge in [0.15, 0.2) is 0 Å². The summed E-state index contributed by atoms with van der Waals surface area (Å²) in [4.78, 5) is 8.07. The fourth-order valence-electron chi connectivity index (χ4n) is 2.41. The fraction of sp³-hybridized carbons (Fsp3) is 0.0556. The van der Waals surface area contributed by atoms with Crippen LogP contribution in [0.2, 0.25) is 0 Å². The van der Waals surface area contributed by atoms with Gasteiger partial charge in [0.25, 0.3) is 0 Å². The molecule has 2 aromatic rings. The summed E-state index contributed by atoms with van der Waals surface area (Å²) < 4.78 is 18.6. The van der Waals surface area contributed by atoms with E-state index in [4.69, 9.17) is 15.9 Å². The number of rotatable bonds is 3. The molecule has 0 aliphatic heterocycles. The average Bonchev–Trinajstić information content (AvgIpc) is 2.59. The van der Waals surface area contributed by atoms with Crippen molar-refractivity contribution in [3.63, 3.8) is 0 Å². The number of benzene rings is 1. The topological polar surface area (TPSA) is 84.9 Å². The molecule has 24 heavy (non-hydrogen) atoms. The van der Waals surface area contributed by atoms with E-state index in [1.807, 2.05) is 0 Å². The van der Waals surface area contributed by atoms with Crippen molar-refractivity contribution in [2.24, 2.45) is 0 Å². The van der Waals surface area contributed by atoms with Crippen LogP contribution in [0.25, 0.3) is 11.3 Å². The number of nitrogen functional groups attached to an aromatic ring is 1. The van der Waals surface area contributed by atoms with Gasteiger partial charge in [0.05, 0.1) is 18.5 Å². The monoisotopic (exact) mass is 322 g/mol. The second-order valence-corrected chi connectivity index (χ2v) is 5.10. The zero-order chi connectivity index (χ0) is 17.1. The number of methoxy groups -OCH3 is 1. The Morgan fingerprint density at radius 1 is 1.17 bits per heavy atom. The van der Waals surface area contributed by atoms with E-state index in [2.05, 4.69) is 9.97 Å². The van der Waals surface area contributed by atoms with Gasteiger partial charge in [0.2, 0.25) is 5.95 Å². The molecule has 6 heteroatoms. The fourth-order valence-corrected chi connectivity index (χ4v) is 2.41. The SMILES string of the molecule is CO/C(=C1/C=C(c2ccnc(N)n2)C=CC1=N)c1ccc(F)cc1. The van der Waals surface area contributed by atoms with Crippen LogP contribution < -0.4 is 5.73 Å². The van der Waals surface area contributed by atoms with Crippen molar-refractivity contribution in [3.05, 3.63) is 77.4 Å². The third-order valence-corrected chi connectivity index (χ3v) is 3.54. The highest BCUT2D eigenvalue weighted by molar-refractivity contribution is 6.16.